The summed E-state index contributed by atoms with van der Waals surface area (Å²) >= 11 is 0. The Morgan fingerprint density at radius 3 is 2.77 bits per heavy atom. The van der Waals surface area contributed by atoms with Crippen LogP contribution in [0.4, 0.5) is 0 Å². The Hall–Kier alpha value is -2.17. The Morgan fingerprint density at radius 2 is 2.08 bits per heavy atom. The van der Waals surface area contributed by atoms with Crippen molar-refractivity contribution in [2.75, 3.05) is 13.6 Å². The van der Waals surface area contributed by atoms with E-state index in [2.05, 4.69) is 37.9 Å². The van der Waals surface area contributed by atoms with Gasteiger partial charge in [-0.15, -0.1) is 34.2 Å². The van der Waals surface area contributed by atoms with Crippen molar-refractivity contribution in [1.29, 1.82) is 0 Å². The van der Waals surface area contributed by atoms with Crippen LogP contribution < -0.4 is 10.6 Å². The fourth-order valence-corrected chi connectivity index (χ4v) is 2.94. The Kier molecular flexibility index (Phi) is 6.95. The van der Waals surface area contributed by atoms with Gasteiger partial charge in [-0.25, -0.2) is 0 Å². The van der Waals surface area contributed by atoms with Crippen molar-refractivity contribution in [1.82, 2.24) is 30.4 Å². The molecule has 9 heteroatoms. The maximum atomic E-state index is 5.25. The maximum Gasteiger partial charge on any atom is 0.191 e. The quantitative estimate of drug-likeness (QED) is 0.339. The minimum absolute atomic E-state index is 0. The molecule has 8 nitrogen and oxygen atoms in total. The molecule has 140 valence electrons. The molecule has 1 atom stereocenters. The number of aryl methyl sites for hydroxylation is 2. The zero-order chi connectivity index (χ0) is 17.8. The molecule has 3 aromatic heterocycles. The molecule has 26 heavy (non-hydrogen) atoms. The summed E-state index contributed by atoms with van der Waals surface area (Å²) in [6.45, 7) is 7.30. The minimum Gasteiger partial charge on any atom is -0.361 e. The van der Waals surface area contributed by atoms with E-state index in [1.807, 2.05) is 42.6 Å². The van der Waals surface area contributed by atoms with Gasteiger partial charge in [0.05, 0.1) is 12.2 Å². The standard InChI is InChI=1S/C17H23N7O.HI/c1-11(16-12(2)23-25-13(16)3)9-19-17(18-4)20-10-15-22-21-14-7-5-6-8-24(14)15;/h5-8,11H,9-10H2,1-4H3,(H2,18,19,20);1H. The third kappa shape index (κ3) is 4.32. The first kappa shape index (κ1) is 20.1. The molecular weight excluding hydrogens is 445 g/mol. The van der Waals surface area contributed by atoms with Gasteiger partial charge in [0.2, 0.25) is 0 Å². The smallest absolute Gasteiger partial charge is 0.191 e. The Labute approximate surface area is 169 Å². The van der Waals surface area contributed by atoms with E-state index in [0.717, 1.165) is 35.0 Å². The van der Waals surface area contributed by atoms with Crippen molar-refractivity contribution < 1.29 is 4.52 Å². The molecule has 0 bridgehead atoms. The number of nitrogens with zero attached hydrogens (tertiary/aromatic N) is 5. The largest absolute Gasteiger partial charge is 0.361 e. The number of fused-ring (bicyclic) bond motifs is 1. The van der Waals surface area contributed by atoms with Crippen LogP contribution in [-0.2, 0) is 6.54 Å². The van der Waals surface area contributed by atoms with Crippen molar-refractivity contribution >= 4 is 35.6 Å². The van der Waals surface area contributed by atoms with Gasteiger partial charge in [0.1, 0.15) is 5.76 Å². The van der Waals surface area contributed by atoms with Crippen molar-refractivity contribution in [2.24, 2.45) is 4.99 Å². The summed E-state index contributed by atoms with van der Waals surface area (Å²) in [5, 5.41) is 19.0. The molecular formula is C17H24IN7O. The number of aliphatic imine (C=N–C) groups is 1. The van der Waals surface area contributed by atoms with Gasteiger partial charge in [-0.1, -0.05) is 18.1 Å². The van der Waals surface area contributed by atoms with Crippen LogP contribution in [0.5, 0.6) is 0 Å². The summed E-state index contributed by atoms with van der Waals surface area (Å²) in [6.07, 6.45) is 1.95. The van der Waals surface area contributed by atoms with Crippen LogP contribution in [0.1, 0.15) is 35.7 Å². The van der Waals surface area contributed by atoms with Gasteiger partial charge >= 0.3 is 0 Å². The van der Waals surface area contributed by atoms with Crippen LogP contribution in [0.15, 0.2) is 33.9 Å². The highest BCUT2D eigenvalue weighted by Gasteiger charge is 2.16. The molecule has 3 heterocycles. The molecule has 2 N–H and O–H groups in total. The zero-order valence-electron chi connectivity index (χ0n) is 15.4. The average Bonchev–Trinajstić information content (AvgIpc) is 3.18. The molecule has 0 aliphatic rings. The topological polar surface area (TPSA) is 92.6 Å². The van der Waals surface area contributed by atoms with Crippen molar-refractivity contribution in [3.05, 3.63) is 47.2 Å². The van der Waals surface area contributed by atoms with Crippen LogP contribution in [0.25, 0.3) is 5.65 Å². The van der Waals surface area contributed by atoms with E-state index >= 15 is 0 Å². The van der Waals surface area contributed by atoms with E-state index in [0.29, 0.717) is 12.5 Å². The van der Waals surface area contributed by atoms with Crippen LogP contribution in [0, 0.1) is 13.8 Å². The fraction of sp³-hybridized carbons (Fsp3) is 0.412. The first-order chi connectivity index (χ1) is 12.1. The number of rotatable bonds is 5. The third-order valence-corrected chi connectivity index (χ3v) is 4.18. The summed E-state index contributed by atoms with van der Waals surface area (Å²) < 4.78 is 7.20. The molecule has 0 aliphatic heterocycles. The number of nitrogens with one attached hydrogen (secondary N) is 2. The first-order valence-corrected chi connectivity index (χ1v) is 8.26. The van der Waals surface area contributed by atoms with Crippen molar-refractivity contribution in [3.8, 4) is 0 Å². The van der Waals surface area contributed by atoms with E-state index in [-0.39, 0.29) is 29.9 Å². The van der Waals surface area contributed by atoms with Crippen LogP contribution in [0.3, 0.4) is 0 Å². The minimum atomic E-state index is 0. The Balaban J connectivity index is 0.00000243. The van der Waals surface area contributed by atoms with Gasteiger partial charge < -0.3 is 15.2 Å². The number of guanidine groups is 1. The molecule has 3 aromatic rings. The van der Waals surface area contributed by atoms with E-state index in [9.17, 15) is 0 Å². The van der Waals surface area contributed by atoms with Gasteiger partial charge in [-0.05, 0) is 26.0 Å². The molecule has 0 fully saturated rings. The monoisotopic (exact) mass is 469 g/mol. The second kappa shape index (κ2) is 8.97. The Bertz CT molecular complexity index is 867. The molecule has 1 unspecified atom stereocenters. The summed E-state index contributed by atoms with van der Waals surface area (Å²) in [7, 11) is 1.75. The fourth-order valence-electron chi connectivity index (χ4n) is 2.94. The van der Waals surface area contributed by atoms with Gasteiger partial charge in [0.25, 0.3) is 0 Å². The summed E-state index contributed by atoms with van der Waals surface area (Å²) in [5.41, 5.74) is 2.91. The lowest BCUT2D eigenvalue weighted by Crippen LogP contribution is -2.39. The van der Waals surface area contributed by atoms with E-state index in [1.165, 1.54) is 0 Å². The second-order valence-corrected chi connectivity index (χ2v) is 5.99. The predicted octanol–water partition coefficient (Wildman–Crippen LogP) is 2.42. The third-order valence-electron chi connectivity index (χ3n) is 4.18. The number of hydrogen-bond acceptors (Lipinski definition) is 5. The van der Waals surface area contributed by atoms with Crippen molar-refractivity contribution in [3.63, 3.8) is 0 Å². The highest BCUT2D eigenvalue weighted by Crippen LogP contribution is 2.22. The molecule has 0 spiro atoms. The van der Waals surface area contributed by atoms with E-state index < -0.39 is 0 Å². The predicted molar refractivity (Wildman–Crippen MR) is 111 cm³/mol. The number of halogens is 1. The van der Waals surface area contributed by atoms with Gasteiger partial charge in [-0.3, -0.25) is 9.39 Å². The number of hydrogen-bond donors (Lipinski definition) is 2. The lowest BCUT2D eigenvalue weighted by Gasteiger charge is -2.15. The molecule has 0 aromatic carbocycles. The molecule has 0 radical (unpaired) electrons. The van der Waals surface area contributed by atoms with Crippen LogP contribution in [-0.4, -0.2) is 39.3 Å². The van der Waals surface area contributed by atoms with Gasteiger partial charge in [0.15, 0.2) is 17.4 Å². The van der Waals surface area contributed by atoms with Gasteiger partial charge in [-0.2, -0.15) is 0 Å². The number of aromatic nitrogens is 4. The lowest BCUT2D eigenvalue weighted by molar-refractivity contribution is 0.391. The first-order valence-electron chi connectivity index (χ1n) is 8.26. The molecule has 0 aliphatic carbocycles. The SMILES string of the molecule is CN=C(NCc1nnc2ccccn12)NCC(C)c1c(C)noc1C.I. The van der Waals surface area contributed by atoms with E-state index in [1.54, 1.807) is 7.05 Å². The highest BCUT2D eigenvalue weighted by atomic mass is 127. The zero-order valence-corrected chi connectivity index (χ0v) is 17.7. The summed E-state index contributed by atoms with van der Waals surface area (Å²) in [6, 6.07) is 5.82. The van der Waals surface area contributed by atoms with Crippen molar-refractivity contribution in [2.45, 2.75) is 33.2 Å². The summed E-state index contributed by atoms with van der Waals surface area (Å²) in [5.74, 6) is 2.67. The second-order valence-electron chi connectivity index (χ2n) is 5.99. The molecule has 0 amide bonds. The van der Waals surface area contributed by atoms with E-state index in [4.69, 9.17) is 4.52 Å². The maximum absolute atomic E-state index is 5.25. The molecule has 3 rings (SSSR count). The molecule has 0 saturated heterocycles. The normalized spacial score (nSPS) is 12.7. The van der Waals surface area contributed by atoms with Crippen LogP contribution in [0.2, 0.25) is 0 Å². The Morgan fingerprint density at radius 1 is 1.27 bits per heavy atom. The highest BCUT2D eigenvalue weighted by molar-refractivity contribution is 14.0. The van der Waals surface area contributed by atoms with Gasteiger partial charge in [0, 0.05) is 31.3 Å². The van der Waals surface area contributed by atoms with Crippen LogP contribution >= 0.6 is 24.0 Å². The summed E-state index contributed by atoms with van der Waals surface area (Å²) in [4.78, 5) is 4.26. The lowest BCUT2D eigenvalue weighted by atomic mass is 10.00. The number of pyridine rings is 1. The molecule has 0 saturated carbocycles. The average molecular weight is 469 g/mol.